The van der Waals surface area contributed by atoms with Gasteiger partial charge in [-0.3, -0.25) is 4.79 Å². The Bertz CT molecular complexity index is 1350. The molecule has 3 aliphatic rings. The Hall–Kier alpha value is -2.80. The zero-order chi connectivity index (χ0) is 22.7. The number of anilines is 1. The van der Waals surface area contributed by atoms with Crippen molar-refractivity contribution in [3.8, 4) is 11.5 Å². The van der Waals surface area contributed by atoms with Crippen LogP contribution in [-0.2, 0) is 29.5 Å². The number of hydrogen-bond acceptors (Lipinski definition) is 3. The fraction of sp³-hybridized carbons (Fsp3) is 0.250. The van der Waals surface area contributed by atoms with E-state index in [0.717, 1.165) is 62.8 Å². The Labute approximate surface area is 206 Å². The number of rotatable bonds is 3. The van der Waals surface area contributed by atoms with E-state index in [1.165, 1.54) is 0 Å². The van der Waals surface area contributed by atoms with E-state index in [2.05, 4.69) is 58.3 Å². The Kier molecular flexibility index (Phi) is 4.80. The molecule has 1 aliphatic heterocycles. The van der Waals surface area contributed by atoms with Crippen molar-refractivity contribution in [2.75, 3.05) is 5.32 Å². The van der Waals surface area contributed by atoms with Crippen LogP contribution in [0.1, 0.15) is 52.1 Å². The summed E-state index contributed by atoms with van der Waals surface area (Å²) in [5.74, 6) is 0.0735. The molecule has 0 radical (unpaired) electrons. The van der Waals surface area contributed by atoms with Crippen LogP contribution in [0.2, 0.25) is 0 Å². The van der Waals surface area contributed by atoms with Crippen LogP contribution in [0.15, 0.2) is 54.6 Å². The van der Waals surface area contributed by atoms with Gasteiger partial charge in [-0.1, -0.05) is 36.4 Å². The molecule has 2 unspecified atom stereocenters. The number of hydrogen-bond donors (Lipinski definition) is 3. The molecule has 0 saturated carbocycles. The van der Waals surface area contributed by atoms with Crippen LogP contribution >= 0.6 is 22.6 Å². The summed E-state index contributed by atoms with van der Waals surface area (Å²) in [4.78, 5) is 13.5. The number of allylic oxidation sites excluding steroid dienone is 1. The Morgan fingerprint density at radius 2 is 1.82 bits per heavy atom. The molecule has 0 saturated heterocycles. The Morgan fingerprint density at radius 3 is 2.67 bits per heavy atom. The van der Waals surface area contributed by atoms with Crippen molar-refractivity contribution in [1.29, 1.82) is 0 Å². The van der Waals surface area contributed by atoms with Crippen LogP contribution in [0.4, 0.5) is 5.69 Å². The maximum absolute atomic E-state index is 13.5. The second kappa shape index (κ2) is 7.62. The summed E-state index contributed by atoms with van der Waals surface area (Å²) in [5.41, 5.74) is 5.77. The van der Waals surface area contributed by atoms with E-state index in [9.17, 15) is 15.0 Å². The minimum Gasteiger partial charge on any atom is -0.508 e. The lowest BCUT2D eigenvalue weighted by molar-refractivity contribution is -0.118. The molecular weight excluding hydrogens is 525 g/mol. The van der Waals surface area contributed by atoms with Gasteiger partial charge in [0.2, 0.25) is 5.91 Å². The minimum atomic E-state index is -0.664. The molecule has 1 heterocycles. The molecule has 166 valence electrons. The summed E-state index contributed by atoms with van der Waals surface area (Å²) < 4.78 is 1.08. The number of benzene rings is 3. The number of halogens is 1. The van der Waals surface area contributed by atoms with Crippen molar-refractivity contribution in [2.45, 2.75) is 43.4 Å². The Morgan fingerprint density at radius 1 is 1.03 bits per heavy atom. The predicted molar refractivity (Wildman–Crippen MR) is 138 cm³/mol. The average Bonchev–Trinajstić information content (AvgIpc) is 3.34. The third-order valence-corrected chi connectivity index (χ3v) is 8.21. The average molecular weight is 549 g/mol. The van der Waals surface area contributed by atoms with E-state index in [-0.39, 0.29) is 17.4 Å². The van der Waals surface area contributed by atoms with Crippen LogP contribution in [0.3, 0.4) is 0 Å². The molecule has 3 aromatic carbocycles. The fourth-order valence-electron chi connectivity index (χ4n) is 6.06. The molecule has 33 heavy (non-hydrogen) atoms. The molecule has 2 atom stereocenters. The number of fused-ring (bicyclic) bond motifs is 3. The molecule has 1 amide bonds. The van der Waals surface area contributed by atoms with Gasteiger partial charge in [-0.15, -0.1) is 0 Å². The summed E-state index contributed by atoms with van der Waals surface area (Å²) in [6.45, 7) is 0. The van der Waals surface area contributed by atoms with Gasteiger partial charge in [-0.05, 0) is 101 Å². The zero-order valence-electron chi connectivity index (χ0n) is 18.1. The molecule has 0 aromatic heterocycles. The number of carbonyl (C=O) groups excluding carboxylic acids is 1. The molecule has 0 fully saturated rings. The van der Waals surface area contributed by atoms with E-state index in [4.69, 9.17) is 0 Å². The second-order valence-corrected chi connectivity index (χ2v) is 10.6. The molecule has 0 spiro atoms. The first-order valence-electron chi connectivity index (χ1n) is 11.4. The largest absolute Gasteiger partial charge is 0.508 e. The van der Waals surface area contributed by atoms with Crippen LogP contribution in [0.25, 0.3) is 6.08 Å². The summed E-state index contributed by atoms with van der Waals surface area (Å²) in [6.07, 6.45) is 8.24. The van der Waals surface area contributed by atoms with Gasteiger partial charge in [0, 0.05) is 25.8 Å². The zero-order valence-corrected chi connectivity index (χ0v) is 20.2. The lowest BCUT2D eigenvalue weighted by atomic mass is 9.65. The third kappa shape index (κ3) is 3.12. The van der Waals surface area contributed by atoms with Crippen molar-refractivity contribution in [2.24, 2.45) is 0 Å². The molecule has 2 aliphatic carbocycles. The standard InChI is InChI=1S/C28H24INO3/c29-18-9-10-23-21(14-18)25(27(33)30-23)28(12-11-16-5-1-4-8-22(16)28)15-17-13-24(31)19-6-2-3-7-20(19)26(17)32/h1,4-5,8-14,25,31-32H,2-3,6-7,15H2,(H,30,33). The van der Waals surface area contributed by atoms with Gasteiger partial charge < -0.3 is 15.5 Å². The number of amides is 1. The number of carbonyl (C=O) groups is 1. The van der Waals surface area contributed by atoms with Crippen molar-refractivity contribution >= 4 is 40.3 Å². The van der Waals surface area contributed by atoms with E-state index >= 15 is 0 Å². The predicted octanol–water partition coefficient (Wildman–Crippen LogP) is 5.82. The number of nitrogens with one attached hydrogen (secondary N) is 1. The van der Waals surface area contributed by atoms with Gasteiger partial charge in [0.25, 0.3) is 0 Å². The van der Waals surface area contributed by atoms with Gasteiger partial charge in [0.1, 0.15) is 11.5 Å². The van der Waals surface area contributed by atoms with Crippen molar-refractivity contribution in [1.82, 2.24) is 0 Å². The lowest BCUT2D eigenvalue weighted by Crippen LogP contribution is -2.37. The van der Waals surface area contributed by atoms with Gasteiger partial charge in [-0.2, -0.15) is 0 Å². The molecule has 3 N–H and O–H groups in total. The van der Waals surface area contributed by atoms with Crippen molar-refractivity contribution in [3.63, 3.8) is 0 Å². The highest BCUT2D eigenvalue weighted by Crippen LogP contribution is 2.54. The van der Waals surface area contributed by atoms with E-state index in [0.29, 0.717) is 12.0 Å². The van der Waals surface area contributed by atoms with E-state index in [1.807, 2.05) is 24.3 Å². The van der Waals surface area contributed by atoms with Crippen molar-refractivity contribution < 1.29 is 15.0 Å². The molecule has 5 heteroatoms. The molecule has 0 bridgehead atoms. The number of aromatic hydroxyl groups is 2. The first-order valence-corrected chi connectivity index (χ1v) is 12.5. The summed E-state index contributed by atoms with van der Waals surface area (Å²) in [5, 5.41) is 25.2. The monoisotopic (exact) mass is 549 g/mol. The second-order valence-electron chi connectivity index (χ2n) is 9.36. The van der Waals surface area contributed by atoms with Gasteiger partial charge >= 0.3 is 0 Å². The summed E-state index contributed by atoms with van der Waals surface area (Å²) >= 11 is 2.28. The normalized spacial score (nSPS) is 22.6. The first kappa shape index (κ1) is 20.8. The Balaban J connectivity index is 1.56. The third-order valence-electron chi connectivity index (χ3n) is 7.54. The van der Waals surface area contributed by atoms with E-state index < -0.39 is 11.3 Å². The summed E-state index contributed by atoms with van der Waals surface area (Å²) in [6, 6.07) is 15.9. The van der Waals surface area contributed by atoms with Crippen LogP contribution < -0.4 is 5.32 Å². The fourth-order valence-corrected chi connectivity index (χ4v) is 6.58. The van der Waals surface area contributed by atoms with Crippen molar-refractivity contribution in [3.05, 3.63) is 91.6 Å². The van der Waals surface area contributed by atoms with Crippen LogP contribution in [0, 0.1) is 3.57 Å². The van der Waals surface area contributed by atoms with Crippen LogP contribution in [-0.4, -0.2) is 16.1 Å². The van der Waals surface area contributed by atoms with E-state index in [1.54, 1.807) is 6.07 Å². The lowest BCUT2D eigenvalue weighted by Gasteiger charge is -2.35. The topological polar surface area (TPSA) is 69.6 Å². The highest BCUT2D eigenvalue weighted by molar-refractivity contribution is 14.1. The molecule has 3 aromatic rings. The highest BCUT2D eigenvalue weighted by Gasteiger charge is 2.50. The first-order chi connectivity index (χ1) is 16.0. The summed E-state index contributed by atoms with van der Waals surface area (Å²) in [7, 11) is 0. The maximum Gasteiger partial charge on any atom is 0.233 e. The quantitative estimate of drug-likeness (QED) is 0.285. The molecule has 6 rings (SSSR count). The van der Waals surface area contributed by atoms with Gasteiger partial charge in [0.15, 0.2) is 0 Å². The molecular formula is C28H24INO3. The van der Waals surface area contributed by atoms with Gasteiger partial charge in [-0.25, -0.2) is 0 Å². The SMILES string of the molecule is O=C1Nc2ccc(I)cc2C1C1(Cc2cc(O)c3c(c2O)CCCC3)C=Cc2ccccc21. The highest BCUT2D eigenvalue weighted by atomic mass is 127. The minimum absolute atomic E-state index is 0.0324. The molecule has 4 nitrogen and oxygen atoms in total. The smallest absolute Gasteiger partial charge is 0.233 e. The van der Waals surface area contributed by atoms with Gasteiger partial charge in [0.05, 0.1) is 5.92 Å². The van der Waals surface area contributed by atoms with Crippen LogP contribution in [0.5, 0.6) is 11.5 Å². The number of phenolic OH excluding ortho intramolecular Hbond substituents is 2. The maximum atomic E-state index is 13.5. The number of phenols is 2.